The Labute approximate surface area is 145 Å². The molecule has 2 unspecified atom stereocenters. The van der Waals surface area contributed by atoms with Crippen LogP contribution in [-0.2, 0) is 6.54 Å². The molecule has 24 heavy (non-hydrogen) atoms. The zero-order chi connectivity index (χ0) is 17.1. The van der Waals surface area contributed by atoms with Gasteiger partial charge in [0, 0.05) is 31.7 Å². The summed E-state index contributed by atoms with van der Waals surface area (Å²) >= 11 is 0. The maximum atomic E-state index is 4.05. The first-order valence-corrected chi connectivity index (χ1v) is 8.74. The van der Waals surface area contributed by atoms with Crippen LogP contribution < -0.4 is 0 Å². The molecule has 2 aromatic rings. The molecule has 1 N–H and O–H groups in total. The van der Waals surface area contributed by atoms with Crippen LogP contribution in [0, 0.1) is 6.92 Å². The van der Waals surface area contributed by atoms with E-state index in [9.17, 15) is 0 Å². The lowest BCUT2D eigenvalue weighted by molar-refractivity contribution is 0.0556. The standard InChI is InChI=1S/C20H28N4/c1-15-11-21-22-20(15)10-9-18-5-7-19(8-6-18)14-24-12-16(2)23(4)17(3)13-24/h5-11,16-17H,12-14H2,1-4H3,(H,21,22)/b10-9+. The van der Waals surface area contributed by atoms with Crippen molar-refractivity contribution in [1.29, 1.82) is 0 Å². The largest absolute Gasteiger partial charge is 0.298 e. The van der Waals surface area contributed by atoms with Gasteiger partial charge in [0.2, 0.25) is 0 Å². The Morgan fingerprint density at radius 1 is 1.12 bits per heavy atom. The van der Waals surface area contributed by atoms with Crippen molar-refractivity contribution >= 4 is 12.2 Å². The predicted octanol–water partition coefficient (Wildman–Crippen LogP) is 3.41. The van der Waals surface area contributed by atoms with Gasteiger partial charge < -0.3 is 0 Å². The van der Waals surface area contributed by atoms with E-state index >= 15 is 0 Å². The van der Waals surface area contributed by atoms with E-state index < -0.39 is 0 Å². The molecule has 0 saturated carbocycles. The normalized spacial score (nSPS) is 23.2. The average Bonchev–Trinajstić information content (AvgIpc) is 2.97. The summed E-state index contributed by atoms with van der Waals surface area (Å²) in [4.78, 5) is 5.04. The fraction of sp³-hybridized carbons (Fsp3) is 0.450. The van der Waals surface area contributed by atoms with Crippen LogP contribution in [0.4, 0.5) is 0 Å². The topological polar surface area (TPSA) is 35.2 Å². The Kier molecular flexibility index (Phi) is 5.17. The Morgan fingerprint density at radius 2 is 1.79 bits per heavy atom. The molecule has 3 rings (SSSR count). The molecule has 4 heteroatoms. The summed E-state index contributed by atoms with van der Waals surface area (Å²) in [6, 6.07) is 10.1. The molecule has 2 atom stereocenters. The van der Waals surface area contributed by atoms with E-state index in [1.807, 2.05) is 6.20 Å². The van der Waals surface area contributed by atoms with Gasteiger partial charge in [0.05, 0.1) is 11.9 Å². The number of piperazine rings is 1. The molecule has 1 aliphatic rings. The van der Waals surface area contributed by atoms with Crippen LogP contribution in [0.15, 0.2) is 30.5 Å². The van der Waals surface area contributed by atoms with Crippen LogP contribution in [0.1, 0.15) is 36.2 Å². The van der Waals surface area contributed by atoms with E-state index in [-0.39, 0.29) is 0 Å². The van der Waals surface area contributed by atoms with Crippen molar-refractivity contribution < 1.29 is 0 Å². The maximum absolute atomic E-state index is 4.05. The molecule has 0 bridgehead atoms. The van der Waals surface area contributed by atoms with Gasteiger partial charge in [0.1, 0.15) is 0 Å². The Hall–Kier alpha value is -1.91. The van der Waals surface area contributed by atoms with Gasteiger partial charge >= 0.3 is 0 Å². The zero-order valence-electron chi connectivity index (χ0n) is 15.2. The Balaban J connectivity index is 1.61. The molecule has 1 fully saturated rings. The fourth-order valence-electron chi connectivity index (χ4n) is 3.34. The van der Waals surface area contributed by atoms with Crippen LogP contribution in [-0.4, -0.2) is 52.2 Å². The summed E-state index contributed by atoms with van der Waals surface area (Å²) in [6.07, 6.45) is 6.06. The molecule has 1 saturated heterocycles. The summed E-state index contributed by atoms with van der Waals surface area (Å²) in [7, 11) is 2.23. The second-order valence-electron chi connectivity index (χ2n) is 7.10. The van der Waals surface area contributed by atoms with Gasteiger partial charge in [-0.1, -0.05) is 30.3 Å². The second kappa shape index (κ2) is 7.32. The molecule has 2 heterocycles. The molecule has 0 radical (unpaired) electrons. The SMILES string of the molecule is Cc1cn[nH]c1/C=C/c1ccc(CN2CC(C)N(C)C(C)C2)cc1. The van der Waals surface area contributed by atoms with E-state index in [1.165, 1.54) is 16.7 Å². The second-order valence-corrected chi connectivity index (χ2v) is 7.10. The summed E-state index contributed by atoms with van der Waals surface area (Å²) in [6.45, 7) is 10.0. The molecule has 1 aromatic heterocycles. The number of aromatic amines is 1. The molecule has 0 amide bonds. The van der Waals surface area contributed by atoms with Gasteiger partial charge in [-0.2, -0.15) is 5.10 Å². The minimum Gasteiger partial charge on any atom is -0.298 e. The van der Waals surface area contributed by atoms with Crippen molar-refractivity contribution in [1.82, 2.24) is 20.0 Å². The fourth-order valence-corrected chi connectivity index (χ4v) is 3.34. The monoisotopic (exact) mass is 324 g/mol. The van der Waals surface area contributed by atoms with Gasteiger partial charge in [0.25, 0.3) is 0 Å². The zero-order valence-corrected chi connectivity index (χ0v) is 15.2. The first-order valence-electron chi connectivity index (χ1n) is 8.74. The number of aryl methyl sites for hydroxylation is 1. The maximum Gasteiger partial charge on any atom is 0.0607 e. The lowest BCUT2D eigenvalue weighted by Crippen LogP contribution is -2.54. The summed E-state index contributed by atoms with van der Waals surface area (Å²) in [5.41, 5.74) is 4.84. The van der Waals surface area contributed by atoms with E-state index in [2.05, 4.69) is 84.2 Å². The minimum absolute atomic E-state index is 0.619. The molecule has 0 spiro atoms. The highest BCUT2D eigenvalue weighted by Gasteiger charge is 2.26. The van der Waals surface area contributed by atoms with Crippen molar-refractivity contribution in [2.45, 2.75) is 39.4 Å². The number of hydrogen-bond acceptors (Lipinski definition) is 3. The van der Waals surface area contributed by atoms with Crippen LogP contribution in [0.3, 0.4) is 0 Å². The van der Waals surface area contributed by atoms with Crippen molar-refractivity contribution in [3.63, 3.8) is 0 Å². The highest BCUT2D eigenvalue weighted by Crippen LogP contribution is 2.17. The first-order chi connectivity index (χ1) is 11.5. The van der Waals surface area contributed by atoms with Crippen LogP contribution in [0.5, 0.6) is 0 Å². The lowest BCUT2D eigenvalue weighted by Gasteiger charge is -2.42. The molecule has 1 aliphatic heterocycles. The average molecular weight is 324 g/mol. The summed E-state index contributed by atoms with van der Waals surface area (Å²) in [5, 5.41) is 7.05. The third kappa shape index (κ3) is 3.94. The number of rotatable bonds is 4. The van der Waals surface area contributed by atoms with E-state index in [4.69, 9.17) is 0 Å². The third-order valence-electron chi connectivity index (χ3n) is 5.13. The van der Waals surface area contributed by atoms with Crippen molar-refractivity contribution in [3.05, 3.63) is 52.8 Å². The number of hydrogen-bond donors (Lipinski definition) is 1. The number of benzene rings is 1. The molecular weight excluding hydrogens is 296 g/mol. The van der Waals surface area contributed by atoms with E-state index in [0.717, 1.165) is 25.3 Å². The van der Waals surface area contributed by atoms with Crippen molar-refractivity contribution in [2.24, 2.45) is 0 Å². The third-order valence-corrected chi connectivity index (χ3v) is 5.13. The minimum atomic E-state index is 0.619. The highest BCUT2D eigenvalue weighted by molar-refractivity contribution is 5.69. The predicted molar refractivity (Wildman–Crippen MR) is 101 cm³/mol. The number of nitrogens with one attached hydrogen (secondary N) is 1. The Morgan fingerprint density at radius 3 is 2.38 bits per heavy atom. The lowest BCUT2D eigenvalue weighted by atomic mass is 10.1. The van der Waals surface area contributed by atoms with E-state index in [0.29, 0.717) is 12.1 Å². The molecule has 0 aliphatic carbocycles. The van der Waals surface area contributed by atoms with E-state index in [1.54, 1.807) is 0 Å². The highest BCUT2D eigenvalue weighted by atomic mass is 15.3. The van der Waals surface area contributed by atoms with Gasteiger partial charge in [-0.05, 0) is 50.6 Å². The van der Waals surface area contributed by atoms with Gasteiger partial charge in [0.15, 0.2) is 0 Å². The Bertz CT molecular complexity index is 674. The number of likely N-dealkylation sites (N-methyl/N-ethyl adjacent to an activating group) is 1. The van der Waals surface area contributed by atoms with Crippen molar-refractivity contribution in [3.8, 4) is 0 Å². The molecule has 4 nitrogen and oxygen atoms in total. The molecule has 128 valence electrons. The van der Waals surface area contributed by atoms with Crippen LogP contribution in [0.25, 0.3) is 12.2 Å². The number of aromatic nitrogens is 2. The molecule has 1 aromatic carbocycles. The number of H-pyrrole nitrogens is 1. The summed E-state index contributed by atoms with van der Waals surface area (Å²) in [5.74, 6) is 0. The van der Waals surface area contributed by atoms with Crippen LogP contribution in [0.2, 0.25) is 0 Å². The molecular formula is C20H28N4. The van der Waals surface area contributed by atoms with Gasteiger partial charge in [-0.3, -0.25) is 14.9 Å². The van der Waals surface area contributed by atoms with Gasteiger partial charge in [-0.15, -0.1) is 0 Å². The quantitative estimate of drug-likeness (QED) is 0.936. The number of nitrogens with zero attached hydrogens (tertiary/aromatic N) is 3. The van der Waals surface area contributed by atoms with Crippen LogP contribution >= 0.6 is 0 Å². The first kappa shape index (κ1) is 16.9. The summed E-state index contributed by atoms with van der Waals surface area (Å²) < 4.78 is 0. The smallest absolute Gasteiger partial charge is 0.0607 e. The van der Waals surface area contributed by atoms with Crippen molar-refractivity contribution in [2.75, 3.05) is 20.1 Å². The van der Waals surface area contributed by atoms with Gasteiger partial charge in [-0.25, -0.2) is 0 Å².